The van der Waals surface area contributed by atoms with Crippen molar-refractivity contribution in [3.8, 4) is 0 Å². The minimum atomic E-state index is -1.94. The first-order valence-corrected chi connectivity index (χ1v) is 32.8. The number of guanidine groups is 1. The summed E-state index contributed by atoms with van der Waals surface area (Å²) in [7, 11) is 3.36. The molecule has 22 N–H and O–H groups in total. The Balaban J connectivity index is 1.96. The molecule has 0 saturated carbocycles. The summed E-state index contributed by atoms with van der Waals surface area (Å²) in [6, 6.07) is -9.79. The Morgan fingerprint density at radius 2 is 1.22 bits per heavy atom. The van der Waals surface area contributed by atoms with E-state index >= 15 is 0 Å². The molecule has 3 fully saturated rings. The minimum Gasteiger partial charge on any atom is -0.481 e. The number of aliphatic hydroxyl groups excluding tert-OH is 1. The van der Waals surface area contributed by atoms with Crippen molar-refractivity contribution in [2.75, 3.05) is 49.3 Å². The normalized spacial score (nSPS) is 26.9. The Hall–Kier alpha value is -7.61. The van der Waals surface area contributed by atoms with Gasteiger partial charge in [-0.3, -0.25) is 72.1 Å². The van der Waals surface area contributed by atoms with Crippen molar-refractivity contribution in [1.29, 1.82) is 0 Å². The van der Waals surface area contributed by atoms with Crippen molar-refractivity contribution in [3.63, 3.8) is 0 Å². The molecule has 1 aromatic carbocycles. The topological polar surface area (TPSA) is 545 Å². The van der Waals surface area contributed by atoms with Gasteiger partial charge in [0, 0.05) is 42.5 Å². The van der Waals surface area contributed by atoms with Gasteiger partial charge in [0.25, 0.3) is 0 Å². The number of carboxylic acids is 1. The summed E-state index contributed by atoms with van der Waals surface area (Å²) in [5.41, 5.74) is 28.6. The van der Waals surface area contributed by atoms with Crippen LogP contribution in [0, 0.1) is 5.92 Å². The van der Waals surface area contributed by atoms with Gasteiger partial charge in [0.2, 0.25) is 76.8 Å². The minimum absolute atomic E-state index is 0.00796. The monoisotopic (exact) mass is 1310 g/mol. The van der Waals surface area contributed by atoms with E-state index in [4.69, 9.17) is 28.7 Å². The van der Waals surface area contributed by atoms with Crippen molar-refractivity contribution in [3.05, 3.63) is 35.9 Å². The summed E-state index contributed by atoms with van der Waals surface area (Å²) in [5.74, 6) is -17.9. The molecule has 88 heavy (non-hydrogen) atoms. The van der Waals surface area contributed by atoms with Crippen molar-refractivity contribution in [2.45, 2.75) is 132 Å². The largest absolute Gasteiger partial charge is 0.481 e. The maximum absolute atomic E-state index is 14.7. The Morgan fingerprint density at radius 1 is 0.659 bits per heavy atom. The van der Waals surface area contributed by atoms with Gasteiger partial charge in [-0.1, -0.05) is 93.8 Å². The van der Waals surface area contributed by atoms with Gasteiger partial charge in [0.15, 0.2) is 5.96 Å². The van der Waals surface area contributed by atoms with E-state index in [0.29, 0.717) is 5.56 Å². The fraction of sp³-hybridized carbons (Fsp3) is 0.588. The van der Waals surface area contributed by atoms with E-state index < -0.39 is 193 Å². The van der Waals surface area contributed by atoms with Gasteiger partial charge < -0.3 is 96.9 Å². The van der Waals surface area contributed by atoms with Crippen LogP contribution < -0.4 is 81.8 Å². The lowest BCUT2D eigenvalue weighted by Crippen LogP contribution is -2.62. The number of hydrogen-bond donors (Lipinski definition) is 17. The smallest absolute Gasteiger partial charge is 0.305 e. The number of benzene rings is 1. The van der Waals surface area contributed by atoms with E-state index in [1.54, 1.807) is 44.2 Å². The molecule has 13 amide bonds. The van der Waals surface area contributed by atoms with Crippen LogP contribution >= 0.6 is 43.2 Å². The SMILES string of the molecule is CC[C@H](C)[C@@H]1NC(=O)[C@H](CC(N)=O)NC(=O)[C@@H]2CSSC[C@H](NC(=O)CN)C(=O)N[C@@H](CSSC[C@@H](C(N)=O)NC(=O)[C@H](Cc3ccccc3)NC1=O)C(=O)N[C@@H](CO)C(=O)N[C@@H](CC(=O)O)C(=O)N1CCC[C@H]1C(=O)N[C@@H](CCCN=C(N)N)C(=O)N2. The maximum Gasteiger partial charge on any atom is 0.305 e. The van der Waals surface area contributed by atoms with Crippen LogP contribution in [0.5, 0.6) is 0 Å². The number of nitrogens with zero attached hydrogens (tertiary/aromatic N) is 2. The van der Waals surface area contributed by atoms with Crippen LogP contribution in [0.25, 0.3) is 0 Å². The summed E-state index contributed by atoms with van der Waals surface area (Å²) in [4.78, 5) is 199. The van der Waals surface area contributed by atoms with Gasteiger partial charge in [-0.2, -0.15) is 0 Å². The van der Waals surface area contributed by atoms with Gasteiger partial charge in [0.1, 0.15) is 66.5 Å². The highest BCUT2D eigenvalue weighted by Gasteiger charge is 2.42. The number of fused-ring (bicyclic) bond motifs is 9. The number of nitrogens with one attached hydrogen (secondary N) is 10. The molecule has 3 aliphatic heterocycles. The van der Waals surface area contributed by atoms with Gasteiger partial charge in [-0.05, 0) is 37.2 Å². The molecule has 3 aliphatic rings. The molecule has 0 spiro atoms. The summed E-state index contributed by atoms with van der Waals surface area (Å²) in [6.45, 7) is 1.25. The van der Waals surface area contributed by atoms with Gasteiger partial charge in [0.05, 0.1) is 26.0 Å². The first-order valence-electron chi connectivity index (χ1n) is 27.8. The van der Waals surface area contributed by atoms with Crippen molar-refractivity contribution >= 4 is 132 Å². The molecule has 1 aromatic rings. The van der Waals surface area contributed by atoms with E-state index in [9.17, 15) is 77.3 Å². The number of hydrogen-bond acceptors (Lipinski definition) is 21. The molecular weight excluding hydrogens is 1230 g/mol. The van der Waals surface area contributed by atoms with Gasteiger partial charge >= 0.3 is 5.97 Å². The molecule has 37 heteroatoms. The van der Waals surface area contributed by atoms with Gasteiger partial charge in [-0.25, -0.2) is 0 Å². The van der Waals surface area contributed by atoms with E-state index in [2.05, 4.69) is 58.2 Å². The number of amides is 13. The summed E-state index contributed by atoms with van der Waals surface area (Å²) < 4.78 is 0. The van der Waals surface area contributed by atoms with Crippen molar-refractivity contribution in [2.24, 2.45) is 39.6 Å². The molecule has 2 bridgehead atoms. The second-order valence-corrected chi connectivity index (χ2v) is 25.6. The third kappa shape index (κ3) is 23.5. The molecule has 12 atom stereocenters. The second-order valence-electron chi connectivity index (χ2n) is 20.5. The first-order chi connectivity index (χ1) is 41.8. The van der Waals surface area contributed by atoms with E-state index in [1.807, 2.05) is 0 Å². The average Bonchev–Trinajstić information content (AvgIpc) is 2.26. The summed E-state index contributed by atoms with van der Waals surface area (Å²) in [6.07, 6.45) is -1.99. The van der Waals surface area contributed by atoms with E-state index in [-0.39, 0.29) is 69.1 Å². The molecule has 3 saturated heterocycles. The Bertz CT molecular complexity index is 2740. The summed E-state index contributed by atoms with van der Waals surface area (Å²) >= 11 is 0. The Labute approximate surface area is 521 Å². The van der Waals surface area contributed by atoms with Gasteiger partial charge in [-0.15, -0.1) is 0 Å². The standard InChI is InChI=1S/C51H77N17O16S4/c1-3-24(2)39-49(83)61-27(15-25-9-5-4-6-10-25)42(76)64-31(40(54)74)20-85-87-23-34-47(81)63-30(19-69)44(78)62-29(17-38(72)73)50(84)68-14-8-12-35(68)48(82)59-26(11-7-13-57-51(55)56)41(75)65-33(46(80)60-28(16-36(53)70)43(77)67-39)22-88-86-21-32(45(79)66-34)58-37(71)18-52/h4-6,9-10,24,26-35,39,69H,3,7-8,11-23,52H2,1-2H3,(H2,53,70)(H2,54,74)(H,58,71)(H,59,82)(H,60,80)(H,61,83)(H,62,78)(H,63,81)(H,64,76)(H,65,75)(H,66,79)(H,67,77)(H,72,73)(H4,55,56,57)/t24-,26-,27-,28-,29-,30-,31-,32-,33-,34-,35-,39-/m0/s1. The quantitative estimate of drug-likeness (QED) is 0.0316. The zero-order chi connectivity index (χ0) is 65.2. The highest BCUT2D eigenvalue weighted by Crippen LogP contribution is 2.26. The summed E-state index contributed by atoms with van der Waals surface area (Å²) in [5, 5.41) is 45.1. The van der Waals surface area contributed by atoms with Crippen LogP contribution in [-0.4, -0.2) is 220 Å². The molecule has 486 valence electrons. The number of aliphatic hydroxyl groups is 1. The van der Waals surface area contributed by atoms with E-state index in [0.717, 1.165) is 48.1 Å². The maximum atomic E-state index is 14.7. The van der Waals surface area contributed by atoms with Crippen LogP contribution in [-0.2, 0) is 73.5 Å². The van der Waals surface area contributed by atoms with Crippen LogP contribution in [0.3, 0.4) is 0 Å². The van der Waals surface area contributed by atoms with E-state index in [1.165, 1.54) is 0 Å². The number of carbonyl (C=O) groups excluding carboxylic acids is 13. The zero-order valence-corrected chi connectivity index (χ0v) is 51.4. The fourth-order valence-corrected chi connectivity index (χ4v) is 13.6. The Kier molecular flexibility index (Phi) is 30.3. The lowest BCUT2D eigenvalue weighted by atomic mass is 9.96. The molecular formula is C51H77N17O16S4. The lowest BCUT2D eigenvalue weighted by molar-refractivity contribution is -0.146. The number of nitrogens with two attached hydrogens (primary N) is 5. The van der Waals surface area contributed by atoms with Crippen LogP contribution in [0.1, 0.15) is 64.4 Å². The molecule has 4 rings (SSSR count). The fourth-order valence-electron chi connectivity index (χ4n) is 8.89. The molecule has 3 heterocycles. The number of carboxylic acid groups (broad SMARTS) is 1. The average molecular weight is 1310 g/mol. The van der Waals surface area contributed by atoms with Crippen molar-refractivity contribution < 1.29 is 77.3 Å². The Morgan fingerprint density at radius 3 is 1.81 bits per heavy atom. The molecule has 0 radical (unpaired) electrons. The molecule has 0 aliphatic carbocycles. The van der Waals surface area contributed by atoms with Crippen LogP contribution in [0.2, 0.25) is 0 Å². The zero-order valence-electron chi connectivity index (χ0n) is 48.2. The molecule has 0 unspecified atom stereocenters. The first kappa shape index (κ1) is 72.9. The number of carbonyl (C=O) groups is 14. The van der Waals surface area contributed by atoms with Crippen LogP contribution in [0.4, 0.5) is 0 Å². The number of rotatable bonds is 16. The number of aliphatic imine (C=N–C) groups is 1. The lowest BCUT2D eigenvalue weighted by Gasteiger charge is -2.30. The molecule has 33 nitrogen and oxygen atoms in total. The number of aliphatic carboxylic acids is 1. The second kappa shape index (κ2) is 36.6. The highest BCUT2D eigenvalue weighted by atomic mass is 33.1. The third-order valence-corrected chi connectivity index (χ3v) is 18.7. The predicted molar refractivity (Wildman–Crippen MR) is 325 cm³/mol. The molecule has 0 aromatic heterocycles. The predicted octanol–water partition coefficient (Wildman–Crippen LogP) is -7.26. The highest BCUT2D eigenvalue weighted by molar-refractivity contribution is 8.77. The number of primary amides is 2. The van der Waals surface area contributed by atoms with Crippen LogP contribution in [0.15, 0.2) is 35.3 Å². The third-order valence-electron chi connectivity index (χ3n) is 13.8. The van der Waals surface area contributed by atoms with Crippen molar-refractivity contribution in [1.82, 2.24) is 58.1 Å².